The molecule has 0 saturated carbocycles. The third-order valence-electron chi connectivity index (χ3n) is 5.14. The maximum atomic E-state index is 12.6. The average Bonchev–Trinajstić information content (AvgIpc) is 2.77. The monoisotopic (exact) mass is 437 g/mol. The second kappa shape index (κ2) is 9.18. The summed E-state index contributed by atoms with van der Waals surface area (Å²) in [6, 6.07) is 13.1. The van der Waals surface area contributed by atoms with Crippen molar-refractivity contribution >= 4 is 40.8 Å². The van der Waals surface area contributed by atoms with Crippen molar-refractivity contribution in [3.8, 4) is 0 Å². The molecule has 3 aromatic rings. The van der Waals surface area contributed by atoms with E-state index in [2.05, 4.69) is 30.7 Å². The highest BCUT2D eigenvalue weighted by atomic mass is 35.5. The van der Waals surface area contributed by atoms with Crippen LogP contribution in [0.15, 0.2) is 48.7 Å². The second-order valence-corrected chi connectivity index (χ2v) is 7.90. The lowest BCUT2D eigenvalue weighted by molar-refractivity contribution is 0.208. The van der Waals surface area contributed by atoms with Gasteiger partial charge in [0, 0.05) is 43.1 Å². The minimum Gasteiger partial charge on any atom is -0.352 e. The van der Waals surface area contributed by atoms with Crippen LogP contribution in [0.1, 0.15) is 11.1 Å². The topological polar surface area (TPSA) is 86.3 Å². The zero-order valence-electron chi connectivity index (χ0n) is 17.5. The van der Waals surface area contributed by atoms with Gasteiger partial charge in [-0.15, -0.1) is 10.2 Å². The Hall–Kier alpha value is -3.39. The smallest absolute Gasteiger partial charge is 0.321 e. The molecule has 160 valence electrons. The molecule has 0 bridgehead atoms. The van der Waals surface area contributed by atoms with Gasteiger partial charge < -0.3 is 20.4 Å². The number of carbonyl (C=O) groups excluding carboxylic acids is 1. The molecule has 3 heterocycles. The molecule has 1 fully saturated rings. The summed E-state index contributed by atoms with van der Waals surface area (Å²) in [7, 11) is 0. The van der Waals surface area contributed by atoms with Gasteiger partial charge in [-0.2, -0.15) is 0 Å². The van der Waals surface area contributed by atoms with E-state index in [1.54, 1.807) is 17.2 Å². The summed E-state index contributed by atoms with van der Waals surface area (Å²) >= 11 is 6.14. The largest absolute Gasteiger partial charge is 0.352 e. The number of benzene rings is 1. The molecule has 31 heavy (non-hydrogen) atoms. The molecule has 0 radical (unpaired) electrons. The molecule has 2 N–H and O–H groups in total. The van der Waals surface area contributed by atoms with Crippen molar-refractivity contribution in [2.75, 3.05) is 41.7 Å². The molecule has 2 amide bonds. The molecule has 0 unspecified atom stereocenters. The van der Waals surface area contributed by atoms with Gasteiger partial charge in [0.05, 0.1) is 0 Å². The van der Waals surface area contributed by atoms with E-state index in [-0.39, 0.29) is 6.03 Å². The van der Waals surface area contributed by atoms with E-state index >= 15 is 0 Å². The fourth-order valence-corrected chi connectivity index (χ4v) is 3.49. The minimum atomic E-state index is -0.129. The van der Waals surface area contributed by atoms with Crippen LogP contribution in [-0.4, -0.2) is 52.3 Å². The summed E-state index contributed by atoms with van der Waals surface area (Å²) in [5, 5.41) is 15.3. The van der Waals surface area contributed by atoms with E-state index in [1.165, 1.54) is 0 Å². The highest BCUT2D eigenvalue weighted by Crippen LogP contribution is 2.21. The fraction of sp³-hybridized carbons (Fsp3) is 0.273. The van der Waals surface area contributed by atoms with Gasteiger partial charge in [-0.1, -0.05) is 17.7 Å². The standard InChI is InChI=1S/C22H24ClN7O/c1-15-7-8-24-20(13-15)26-19-5-6-21(28-27-19)29-9-11-30(12-10-29)22(31)25-17-4-3-16(2)18(23)14-17/h3-8,13-14H,9-12H2,1-2H3,(H,25,31)(H,24,26,27). The number of piperazine rings is 1. The first-order valence-corrected chi connectivity index (χ1v) is 10.5. The molecule has 1 saturated heterocycles. The Morgan fingerprint density at radius 2 is 1.77 bits per heavy atom. The first kappa shape index (κ1) is 20.9. The second-order valence-electron chi connectivity index (χ2n) is 7.49. The van der Waals surface area contributed by atoms with Crippen LogP contribution < -0.4 is 15.5 Å². The third-order valence-corrected chi connectivity index (χ3v) is 5.54. The molecule has 0 spiro atoms. The van der Waals surface area contributed by atoms with Crippen LogP contribution in [0.5, 0.6) is 0 Å². The molecule has 4 rings (SSSR count). The maximum absolute atomic E-state index is 12.6. The molecule has 9 heteroatoms. The van der Waals surface area contributed by atoms with Crippen LogP contribution in [0.3, 0.4) is 0 Å². The number of nitrogens with zero attached hydrogens (tertiary/aromatic N) is 5. The number of urea groups is 1. The van der Waals surface area contributed by atoms with E-state index in [0.717, 1.165) is 22.8 Å². The Balaban J connectivity index is 1.31. The van der Waals surface area contributed by atoms with E-state index in [4.69, 9.17) is 11.6 Å². The van der Waals surface area contributed by atoms with E-state index < -0.39 is 0 Å². The van der Waals surface area contributed by atoms with Gasteiger partial charge in [0.15, 0.2) is 11.6 Å². The quantitative estimate of drug-likeness (QED) is 0.634. The molecule has 2 aromatic heterocycles. The maximum Gasteiger partial charge on any atom is 0.321 e. The molecule has 1 aliphatic rings. The molecule has 1 aliphatic heterocycles. The van der Waals surface area contributed by atoms with Crippen LogP contribution in [0, 0.1) is 13.8 Å². The lowest BCUT2D eigenvalue weighted by Crippen LogP contribution is -2.50. The molecular weight excluding hydrogens is 414 g/mol. The van der Waals surface area contributed by atoms with Crippen molar-refractivity contribution in [2.45, 2.75) is 13.8 Å². The number of anilines is 4. The van der Waals surface area contributed by atoms with E-state index in [0.29, 0.717) is 42.7 Å². The number of rotatable bonds is 4. The van der Waals surface area contributed by atoms with Crippen molar-refractivity contribution in [3.05, 3.63) is 64.8 Å². The number of halogens is 1. The highest BCUT2D eigenvalue weighted by Gasteiger charge is 2.22. The van der Waals surface area contributed by atoms with Crippen molar-refractivity contribution < 1.29 is 4.79 Å². The zero-order chi connectivity index (χ0) is 21.8. The summed E-state index contributed by atoms with van der Waals surface area (Å²) in [6.45, 7) is 6.50. The molecule has 1 aromatic carbocycles. The normalized spacial score (nSPS) is 13.8. The van der Waals surface area contributed by atoms with Crippen LogP contribution in [0.2, 0.25) is 5.02 Å². The van der Waals surface area contributed by atoms with Gasteiger partial charge in [-0.05, 0) is 61.4 Å². The first-order chi connectivity index (χ1) is 15.0. The summed E-state index contributed by atoms with van der Waals surface area (Å²) in [6.07, 6.45) is 1.75. The number of aromatic nitrogens is 3. The van der Waals surface area contributed by atoms with Gasteiger partial charge in [-0.25, -0.2) is 9.78 Å². The van der Waals surface area contributed by atoms with Crippen molar-refractivity contribution in [1.29, 1.82) is 0 Å². The van der Waals surface area contributed by atoms with Gasteiger partial charge in [0.2, 0.25) is 0 Å². The summed E-state index contributed by atoms with van der Waals surface area (Å²) in [5.41, 5.74) is 2.79. The van der Waals surface area contributed by atoms with E-state index in [1.807, 2.05) is 50.2 Å². The van der Waals surface area contributed by atoms with Crippen LogP contribution in [0.25, 0.3) is 0 Å². The summed E-state index contributed by atoms with van der Waals surface area (Å²) in [5.74, 6) is 2.15. The number of hydrogen-bond acceptors (Lipinski definition) is 6. The predicted molar refractivity (Wildman–Crippen MR) is 123 cm³/mol. The van der Waals surface area contributed by atoms with E-state index in [9.17, 15) is 4.79 Å². The van der Waals surface area contributed by atoms with Gasteiger partial charge in [-0.3, -0.25) is 0 Å². The molecule has 8 nitrogen and oxygen atoms in total. The van der Waals surface area contributed by atoms with Crippen LogP contribution >= 0.6 is 11.6 Å². The average molecular weight is 438 g/mol. The van der Waals surface area contributed by atoms with Gasteiger partial charge in [0.1, 0.15) is 5.82 Å². The number of carbonyl (C=O) groups is 1. The zero-order valence-corrected chi connectivity index (χ0v) is 18.2. The van der Waals surface area contributed by atoms with Gasteiger partial charge in [0.25, 0.3) is 0 Å². The highest BCUT2D eigenvalue weighted by molar-refractivity contribution is 6.31. The third kappa shape index (κ3) is 5.21. The summed E-state index contributed by atoms with van der Waals surface area (Å²) < 4.78 is 0. The number of nitrogens with one attached hydrogen (secondary N) is 2. The van der Waals surface area contributed by atoms with Gasteiger partial charge >= 0.3 is 6.03 Å². The SMILES string of the molecule is Cc1ccnc(Nc2ccc(N3CCN(C(=O)Nc4ccc(C)c(Cl)c4)CC3)nn2)c1. The van der Waals surface area contributed by atoms with Crippen LogP contribution in [-0.2, 0) is 0 Å². The fourth-order valence-electron chi connectivity index (χ4n) is 3.31. The number of aryl methyl sites for hydroxylation is 2. The molecule has 0 atom stereocenters. The van der Waals surface area contributed by atoms with Crippen molar-refractivity contribution in [2.24, 2.45) is 0 Å². The minimum absolute atomic E-state index is 0.129. The van der Waals surface area contributed by atoms with Crippen LogP contribution in [0.4, 0.5) is 27.9 Å². The Morgan fingerprint density at radius 3 is 2.45 bits per heavy atom. The number of amides is 2. The Morgan fingerprint density at radius 1 is 0.968 bits per heavy atom. The Kier molecular flexibility index (Phi) is 6.18. The predicted octanol–water partition coefficient (Wildman–Crippen LogP) is 4.24. The molecular formula is C22H24ClN7O. The first-order valence-electron chi connectivity index (χ1n) is 10.1. The number of hydrogen-bond donors (Lipinski definition) is 2. The Bertz CT molecular complexity index is 1070. The lowest BCUT2D eigenvalue weighted by Gasteiger charge is -2.35. The lowest BCUT2D eigenvalue weighted by atomic mass is 10.2. The Labute approximate surface area is 186 Å². The number of pyridine rings is 1. The molecule has 0 aliphatic carbocycles. The van der Waals surface area contributed by atoms with Crippen molar-refractivity contribution in [3.63, 3.8) is 0 Å². The van der Waals surface area contributed by atoms with Crippen molar-refractivity contribution in [1.82, 2.24) is 20.1 Å². The summed E-state index contributed by atoms with van der Waals surface area (Å²) in [4.78, 5) is 20.7.